The highest BCUT2D eigenvalue weighted by Crippen LogP contribution is 2.26. The summed E-state index contributed by atoms with van der Waals surface area (Å²) >= 11 is 5.85. The molecular weight excluding hydrogens is 246 g/mol. The molecule has 0 aliphatic rings. The molecule has 4 heteroatoms. The van der Waals surface area contributed by atoms with Gasteiger partial charge in [-0.25, -0.2) is 4.98 Å². The molecule has 0 aliphatic carbocycles. The third-order valence-electron chi connectivity index (χ3n) is 3.03. The molecule has 0 saturated heterocycles. The highest BCUT2D eigenvalue weighted by atomic mass is 35.5. The van der Waals surface area contributed by atoms with E-state index in [9.17, 15) is 0 Å². The molecule has 2 aromatic heterocycles. The van der Waals surface area contributed by atoms with Crippen molar-refractivity contribution >= 4 is 22.6 Å². The van der Waals surface area contributed by atoms with Crippen LogP contribution in [-0.2, 0) is 6.42 Å². The second-order valence-electron chi connectivity index (χ2n) is 4.15. The van der Waals surface area contributed by atoms with Crippen LogP contribution in [0.15, 0.2) is 36.4 Å². The fourth-order valence-corrected chi connectivity index (χ4v) is 2.14. The average Bonchev–Trinajstić information content (AvgIpc) is 2.81. The van der Waals surface area contributed by atoms with Crippen LogP contribution in [0.3, 0.4) is 0 Å². The van der Waals surface area contributed by atoms with Gasteiger partial charge in [-0.05, 0) is 24.1 Å². The number of H-pyrrole nitrogens is 1. The fraction of sp³-hybridized carbons (Fsp3) is 0.143. The van der Waals surface area contributed by atoms with Crippen molar-refractivity contribution in [1.82, 2.24) is 15.2 Å². The summed E-state index contributed by atoms with van der Waals surface area (Å²) < 4.78 is 0. The third-order valence-corrected chi connectivity index (χ3v) is 3.25. The van der Waals surface area contributed by atoms with E-state index in [1.807, 2.05) is 6.07 Å². The molecule has 0 radical (unpaired) electrons. The summed E-state index contributed by atoms with van der Waals surface area (Å²) in [4.78, 5) is 4.18. The molecular formula is C14H12ClN3. The summed E-state index contributed by atoms with van der Waals surface area (Å²) in [6, 6.07) is 12.2. The van der Waals surface area contributed by atoms with Crippen LogP contribution < -0.4 is 0 Å². The standard InChI is InChI=1S/C14H12ClN3/c1-2-9-3-5-10(6-4-9)13-11-7-8-12(15)16-14(11)18-17-13/h3-8H,2H2,1H3,(H,16,17,18). The van der Waals surface area contributed by atoms with Crippen molar-refractivity contribution in [1.29, 1.82) is 0 Å². The molecule has 2 heterocycles. The van der Waals surface area contributed by atoms with Gasteiger partial charge >= 0.3 is 0 Å². The lowest BCUT2D eigenvalue weighted by Crippen LogP contribution is -1.82. The van der Waals surface area contributed by atoms with Crippen LogP contribution in [0.25, 0.3) is 22.3 Å². The predicted octanol–water partition coefficient (Wildman–Crippen LogP) is 3.84. The van der Waals surface area contributed by atoms with Crippen molar-refractivity contribution in [3.8, 4) is 11.3 Å². The lowest BCUT2D eigenvalue weighted by molar-refractivity contribution is 1.10. The topological polar surface area (TPSA) is 41.6 Å². The zero-order chi connectivity index (χ0) is 12.5. The van der Waals surface area contributed by atoms with Gasteiger partial charge in [0.2, 0.25) is 0 Å². The number of hydrogen-bond donors (Lipinski definition) is 1. The fourth-order valence-electron chi connectivity index (χ4n) is 2.00. The van der Waals surface area contributed by atoms with Gasteiger partial charge in [0.15, 0.2) is 5.65 Å². The zero-order valence-electron chi connectivity index (χ0n) is 9.94. The molecule has 18 heavy (non-hydrogen) atoms. The number of fused-ring (bicyclic) bond motifs is 1. The zero-order valence-corrected chi connectivity index (χ0v) is 10.7. The Morgan fingerprint density at radius 2 is 1.89 bits per heavy atom. The maximum absolute atomic E-state index is 5.85. The van der Waals surface area contributed by atoms with E-state index in [2.05, 4.69) is 46.4 Å². The average molecular weight is 258 g/mol. The van der Waals surface area contributed by atoms with E-state index in [4.69, 9.17) is 11.6 Å². The summed E-state index contributed by atoms with van der Waals surface area (Å²) in [7, 11) is 0. The molecule has 0 spiro atoms. The van der Waals surface area contributed by atoms with E-state index in [0.29, 0.717) is 10.8 Å². The van der Waals surface area contributed by atoms with E-state index >= 15 is 0 Å². The quantitative estimate of drug-likeness (QED) is 0.709. The SMILES string of the molecule is CCc1ccc(-c2[nH]nc3nc(Cl)ccc23)cc1. The van der Waals surface area contributed by atoms with Crippen LogP contribution in [0.4, 0.5) is 0 Å². The van der Waals surface area contributed by atoms with E-state index in [0.717, 1.165) is 23.1 Å². The normalized spacial score (nSPS) is 11.0. The number of nitrogens with zero attached hydrogens (tertiary/aromatic N) is 2. The molecule has 1 N–H and O–H groups in total. The third kappa shape index (κ3) is 1.87. The van der Waals surface area contributed by atoms with Gasteiger partial charge in [0.05, 0.1) is 5.69 Å². The van der Waals surface area contributed by atoms with Crippen LogP contribution in [0, 0.1) is 0 Å². The number of benzene rings is 1. The second kappa shape index (κ2) is 4.42. The van der Waals surface area contributed by atoms with Gasteiger partial charge in [-0.1, -0.05) is 42.8 Å². The largest absolute Gasteiger partial charge is 0.275 e. The minimum atomic E-state index is 0.460. The lowest BCUT2D eigenvalue weighted by Gasteiger charge is -2.01. The van der Waals surface area contributed by atoms with E-state index in [1.165, 1.54) is 5.56 Å². The Bertz CT molecular complexity index is 686. The van der Waals surface area contributed by atoms with Gasteiger partial charge in [-0.15, -0.1) is 0 Å². The molecule has 3 rings (SSSR count). The number of nitrogens with one attached hydrogen (secondary N) is 1. The highest BCUT2D eigenvalue weighted by Gasteiger charge is 2.08. The van der Waals surface area contributed by atoms with Gasteiger partial charge in [-0.2, -0.15) is 5.10 Å². The molecule has 0 bridgehead atoms. The molecule has 0 unspecified atom stereocenters. The minimum absolute atomic E-state index is 0.460. The van der Waals surface area contributed by atoms with E-state index in [1.54, 1.807) is 6.07 Å². The Kier molecular flexibility index (Phi) is 2.76. The van der Waals surface area contributed by atoms with Crippen LogP contribution in [0.2, 0.25) is 5.15 Å². The molecule has 0 aliphatic heterocycles. The summed E-state index contributed by atoms with van der Waals surface area (Å²) in [6.07, 6.45) is 1.04. The first-order chi connectivity index (χ1) is 8.78. The monoisotopic (exact) mass is 257 g/mol. The first-order valence-corrected chi connectivity index (χ1v) is 6.25. The van der Waals surface area contributed by atoms with Crippen LogP contribution >= 0.6 is 11.6 Å². The first-order valence-electron chi connectivity index (χ1n) is 5.88. The van der Waals surface area contributed by atoms with Crippen molar-refractivity contribution in [2.75, 3.05) is 0 Å². The van der Waals surface area contributed by atoms with Gasteiger partial charge < -0.3 is 0 Å². The highest BCUT2D eigenvalue weighted by molar-refractivity contribution is 6.29. The number of pyridine rings is 1. The lowest BCUT2D eigenvalue weighted by atomic mass is 10.1. The number of halogens is 1. The van der Waals surface area contributed by atoms with Gasteiger partial charge in [-0.3, -0.25) is 5.10 Å². The van der Waals surface area contributed by atoms with Crippen molar-refractivity contribution < 1.29 is 0 Å². The van der Waals surface area contributed by atoms with Gasteiger partial charge in [0.25, 0.3) is 0 Å². The van der Waals surface area contributed by atoms with E-state index in [-0.39, 0.29) is 0 Å². The molecule has 3 aromatic rings. The Balaban J connectivity index is 2.13. The van der Waals surface area contributed by atoms with Crippen molar-refractivity contribution in [2.24, 2.45) is 0 Å². The Hall–Kier alpha value is -1.87. The van der Waals surface area contributed by atoms with Crippen molar-refractivity contribution in [2.45, 2.75) is 13.3 Å². The van der Waals surface area contributed by atoms with Crippen molar-refractivity contribution in [3.63, 3.8) is 0 Å². The number of aryl methyl sites for hydroxylation is 1. The maximum Gasteiger partial charge on any atom is 0.182 e. The van der Waals surface area contributed by atoms with E-state index < -0.39 is 0 Å². The predicted molar refractivity (Wildman–Crippen MR) is 73.7 cm³/mol. The Morgan fingerprint density at radius 3 is 2.61 bits per heavy atom. The van der Waals surface area contributed by atoms with Gasteiger partial charge in [0.1, 0.15) is 5.15 Å². The van der Waals surface area contributed by atoms with Crippen LogP contribution in [0.1, 0.15) is 12.5 Å². The molecule has 90 valence electrons. The smallest absolute Gasteiger partial charge is 0.182 e. The summed E-state index contributed by atoms with van der Waals surface area (Å²) in [5.74, 6) is 0. The molecule has 0 amide bonds. The van der Waals surface area contributed by atoms with Crippen LogP contribution in [0.5, 0.6) is 0 Å². The number of hydrogen-bond acceptors (Lipinski definition) is 2. The summed E-state index contributed by atoms with van der Waals surface area (Å²) in [5.41, 5.74) is 4.07. The summed E-state index contributed by atoms with van der Waals surface area (Å²) in [5, 5.41) is 8.65. The molecule has 0 atom stereocenters. The molecule has 0 fully saturated rings. The Morgan fingerprint density at radius 1 is 1.11 bits per heavy atom. The summed E-state index contributed by atoms with van der Waals surface area (Å²) in [6.45, 7) is 2.15. The molecule has 0 saturated carbocycles. The number of aromatic nitrogens is 3. The van der Waals surface area contributed by atoms with Crippen LogP contribution in [-0.4, -0.2) is 15.2 Å². The Labute approximate surface area is 110 Å². The van der Waals surface area contributed by atoms with Gasteiger partial charge in [0, 0.05) is 10.9 Å². The van der Waals surface area contributed by atoms with Crippen molar-refractivity contribution in [3.05, 3.63) is 47.1 Å². The second-order valence-corrected chi connectivity index (χ2v) is 4.54. The number of aromatic amines is 1. The first kappa shape index (κ1) is 11.2. The molecule has 1 aromatic carbocycles. The minimum Gasteiger partial charge on any atom is -0.275 e. The molecule has 3 nitrogen and oxygen atoms in total. The maximum atomic E-state index is 5.85. The number of rotatable bonds is 2.